The largest absolute Gasteiger partial charge is 0.504 e. The third-order valence-corrected chi connectivity index (χ3v) is 12.4. The minimum atomic E-state index is -3.67. The van der Waals surface area contributed by atoms with Gasteiger partial charge >= 0.3 is 11.9 Å². The van der Waals surface area contributed by atoms with Crippen molar-refractivity contribution in [1.29, 1.82) is 0 Å². The van der Waals surface area contributed by atoms with Crippen molar-refractivity contribution in [2.45, 2.75) is 57.2 Å². The van der Waals surface area contributed by atoms with E-state index in [1.54, 1.807) is 26.8 Å². The number of carbonyl (C=O) groups excluding carboxylic acids is 6. The van der Waals surface area contributed by atoms with E-state index in [0.717, 1.165) is 28.1 Å². The third kappa shape index (κ3) is 11.6. The van der Waals surface area contributed by atoms with Crippen LogP contribution < -0.4 is 33.8 Å². The molecule has 4 heterocycles. The summed E-state index contributed by atoms with van der Waals surface area (Å²) in [6.07, 6.45) is 1.75. The lowest BCUT2D eigenvalue weighted by Gasteiger charge is -2.27. The minimum absolute atomic E-state index is 0.0355. The maximum atomic E-state index is 13.9. The quantitative estimate of drug-likeness (QED) is 0.115. The molecule has 0 bridgehead atoms. The second-order valence-electron chi connectivity index (χ2n) is 17.1. The summed E-state index contributed by atoms with van der Waals surface area (Å²) in [5, 5.41) is 10.3. The molecule has 4 amide bonds. The third-order valence-electron chi connectivity index (χ3n) is 12.4. The Kier molecular flexibility index (Phi) is 16.1. The van der Waals surface area contributed by atoms with Gasteiger partial charge in [0.1, 0.15) is 6.61 Å². The van der Waals surface area contributed by atoms with Crippen LogP contribution in [0.2, 0.25) is 0 Å². The van der Waals surface area contributed by atoms with Gasteiger partial charge in [-0.25, -0.2) is 0 Å². The van der Waals surface area contributed by atoms with E-state index >= 15 is 0 Å². The van der Waals surface area contributed by atoms with E-state index in [9.17, 15) is 42.3 Å². The topological polar surface area (TPSA) is 236 Å². The summed E-state index contributed by atoms with van der Waals surface area (Å²) in [4.78, 5) is 83.8. The Morgan fingerprint density at radius 1 is 0.583 bits per heavy atom. The van der Waals surface area contributed by atoms with Gasteiger partial charge in [0.25, 0.3) is 21.9 Å². The van der Waals surface area contributed by atoms with Gasteiger partial charge in [-0.15, -0.1) is 0 Å². The maximum absolute atomic E-state index is 13.9. The lowest BCUT2D eigenvalue weighted by atomic mass is 10.1. The van der Waals surface area contributed by atoms with Gasteiger partial charge in [-0.05, 0) is 53.8 Å². The first kappa shape index (κ1) is 51.9. The molecule has 4 aliphatic heterocycles. The van der Waals surface area contributed by atoms with Crippen LogP contribution in [0.25, 0.3) is 0 Å². The van der Waals surface area contributed by atoms with Crippen LogP contribution >= 0.6 is 0 Å². The van der Waals surface area contributed by atoms with Crippen molar-refractivity contribution in [3.8, 4) is 23.0 Å². The van der Waals surface area contributed by atoms with Crippen molar-refractivity contribution in [3.63, 3.8) is 0 Å². The van der Waals surface area contributed by atoms with Crippen LogP contribution in [0.15, 0.2) is 103 Å². The second kappa shape index (κ2) is 22.4. The Bertz CT molecular complexity index is 2990. The molecular weight excluding hydrogens is 953 g/mol. The van der Waals surface area contributed by atoms with Gasteiger partial charge in [0.05, 0.1) is 82.1 Å². The molecule has 0 fully saturated rings. The van der Waals surface area contributed by atoms with E-state index in [-0.39, 0.29) is 91.5 Å². The van der Waals surface area contributed by atoms with E-state index in [1.165, 1.54) is 45.5 Å². The zero-order chi connectivity index (χ0) is 51.9. The Labute approximate surface area is 416 Å². The number of methoxy groups -OCH3 is 4. The van der Waals surface area contributed by atoms with E-state index in [1.807, 2.05) is 78.9 Å². The molecule has 0 aromatic heterocycles. The number of para-hydroxylation sites is 2. The highest BCUT2D eigenvalue weighted by Gasteiger charge is 2.43. The van der Waals surface area contributed by atoms with E-state index < -0.39 is 22.1 Å². The molecule has 4 aliphatic rings. The van der Waals surface area contributed by atoms with Gasteiger partial charge < -0.3 is 48.4 Å². The number of amides is 4. The Morgan fingerprint density at radius 2 is 1.01 bits per heavy atom. The van der Waals surface area contributed by atoms with Crippen LogP contribution in [0.3, 0.4) is 0 Å². The number of hydrogen-bond acceptors (Lipinski definition) is 14. The fraction of sp³-hybridized carbons (Fsp3) is 0.308. The van der Waals surface area contributed by atoms with Crippen LogP contribution in [0.5, 0.6) is 23.0 Å². The minimum Gasteiger partial charge on any atom is -0.504 e. The Hall–Kier alpha value is -7.97. The van der Waals surface area contributed by atoms with Crippen molar-refractivity contribution in [3.05, 3.63) is 131 Å². The van der Waals surface area contributed by atoms with Crippen molar-refractivity contribution < 1.29 is 70.5 Å². The SMILES string of the molecule is COC(=O)CCC(=O)N1C[C@@H]2Cc3ccccc3N2C(=O)c2cc(OC)c(O)cc21.COC(=O)CCC(=O)N1C[C@@H]2Cc3ccccc3N2C(=O)c2cc(OC)c(OCc3ccccc3)cc21.CS(=O)(=O)O. The summed E-state index contributed by atoms with van der Waals surface area (Å²) in [6, 6.07) is 30.8. The molecule has 20 heteroatoms. The van der Waals surface area contributed by atoms with Crippen LogP contribution in [0.4, 0.5) is 22.7 Å². The number of ether oxygens (including phenoxy) is 5. The highest BCUT2D eigenvalue weighted by atomic mass is 32.2. The molecule has 5 aromatic carbocycles. The lowest BCUT2D eigenvalue weighted by molar-refractivity contribution is -0.142. The molecule has 2 atom stereocenters. The number of fused-ring (bicyclic) bond motifs is 8. The second-order valence-corrected chi connectivity index (χ2v) is 18.5. The lowest BCUT2D eigenvalue weighted by Crippen LogP contribution is -2.44. The molecule has 0 unspecified atom stereocenters. The van der Waals surface area contributed by atoms with Crippen LogP contribution in [-0.2, 0) is 58.2 Å². The van der Waals surface area contributed by atoms with Crippen molar-refractivity contribution in [2.75, 3.05) is 67.4 Å². The smallest absolute Gasteiger partial charge is 0.306 e. The van der Waals surface area contributed by atoms with Gasteiger partial charge in [0, 0.05) is 49.4 Å². The monoisotopic (exact) mass is 1010 g/mol. The summed E-state index contributed by atoms with van der Waals surface area (Å²) in [7, 11) is 1.81. The number of carbonyl (C=O) groups is 6. The summed E-state index contributed by atoms with van der Waals surface area (Å²) in [6.45, 7) is 0.833. The van der Waals surface area contributed by atoms with Gasteiger partial charge in [-0.1, -0.05) is 66.7 Å². The molecule has 0 saturated heterocycles. The number of esters is 2. The van der Waals surface area contributed by atoms with Crippen LogP contribution in [0.1, 0.15) is 63.1 Å². The van der Waals surface area contributed by atoms with Gasteiger partial charge in [0.2, 0.25) is 11.8 Å². The van der Waals surface area contributed by atoms with Crippen LogP contribution in [-0.4, -0.2) is 114 Å². The number of phenols is 1. The normalized spacial score (nSPS) is 16.0. The number of nitrogens with zero attached hydrogens (tertiary/aromatic N) is 4. The summed E-state index contributed by atoms with van der Waals surface area (Å²) < 4.78 is 52.1. The molecule has 0 saturated carbocycles. The predicted octanol–water partition coefficient (Wildman–Crippen LogP) is 5.92. The molecule has 0 aliphatic carbocycles. The molecular formula is C52H54N4O15S. The molecule has 5 aromatic rings. The Balaban J connectivity index is 0.000000197. The first-order chi connectivity index (χ1) is 34.4. The summed E-state index contributed by atoms with van der Waals surface area (Å²) in [5.74, 6) is -1.21. The standard InChI is InChI=1S/C29H28N2O6.C22H22N2O6.CH4O3S/c1-35-25-15-22-24(16-26(25)37-18-19-8-4-3-5-9-19)30(27(32)12-13-28(33)36-2)17-21-14-20-10-6-7-11-23(20)31(21)29(22)34;1-29-19-10-15-17(11-18(19)25)23(20(26)7-8-21(27)30-2)12-14-9-13-5-3-4-6-16(13)24(14)22(15)28;1-5(2,3)4/h3-11,15-16,21H,12-14,17-18H2,1-2H3;3-6,10-11,14,25H,7-9,12H2,1-2H3;1H3,(H,2,3,4)/t21-;14-;/m00./s1. The highest BCUT2D eigenvalue weighted by molar-refractivity contribution is 7.85. The molecule has 378 valence electrons. The Morgan fingerprint density at radius 3 is 1.47 bits per heavy atom. The van der Waals surface area contributed by atoms with Crippen molar-refractivity contribution in [1.82, 2.24) is 0 Å². The zero-order valence-corrected chi connectivity index (χ0v) is 41.0. The molecule has 19 nitrogen and oxygen atoms in total. The maximum Gasteiger partial charge on any atom is 0.306 e. The molecule has 72 heavy (non-hydrogen) atoms. The zero-order valence-electron chi connectivity index (χ0n) is 40.2. The summed E-state index contributed by atoms with van der Waals surface area (Å²) >= 11 is 0. The fourth-order valence-electron chi connectivity index (χ4n) is 9.07. The van der Waals surface area contributed by atoms with Gasteiger partial charge in [-0.3, -0.25) is 33.3 Å². The van der Waals surface area contributed by atoms with E-state index in [2.05, 4.69) is 4.74 Å². The van der Waals surface area contributed by atoms with Crippen LogP contribution in [0, 0.1) is 0 Å². The number of hydrogen-bond donors (Lipinski definition) is 2. The summed E-state index contributed by atoms with van der Waals surface area (Å²) in [5.41, 5.74) is 6.07. The molecule has 0 spiro atoms. The average Bonchev–Trinajstić information content (AvgIpc) is 3.87. The molecule has 9 rings (SSSR count). The molecule has 2 N–H and O–H groups in total. The molecule has 0 radical (unpaired) electrons. The first-order valence-electron chi connectivity index (χ1n) is 22.7. The number of anilines is 4. The first-order valence-corrected chi connectivity index (χ1v) is 24.6. The number of benzene rings is 5. The fourth-order valence-corrected chi connectivity index (χ4v) is 9.07. The van der Waals surface area contributed by atoms with Gasteiger partial charge in [0.15, 0.2) is 23.0 Å². The predicted molar refractivity (Wildman–Crippen MR) is 265 cm³/mol. The number of phenolic OH excluding ortho intramolecular Hbond substituents is 1. The van der Waals surface area contributed by atoms with Crippen molar-refractivity contribution in [2.24, 2.45) is 0 Å². The van der Waals surface area contributed by atoms with Gasteiger partial charge in [-0.2, -0.15) is 8.42 Å². The highest BCUT2D eigenvalue weighted by Crippen LogP contribution is 2.44. The number of aromatic hydroxyl groups is 1. The number of rotatable bonds is 11. The van der Waals surface area contributed by atoms with E-state index in [0.29, 0.717) is 54.1 Å². The van der Waals surface area contributed by atoms with E-state index in [4.69, 9.17) is 23.5 Å². The average molecular weight is 1010 g/mol. The van der Waals surface area contributed by atoms with Crippen molar-refractivity contribution >= 4 is 68.4 Å².